The molecule has 5 rings (SSSR count). The lowest BCUT2D eigenvalue weighted by Gasteiger charge is -2.45. The Morgan fingerprint density at radius 1 is 0.943 bits per heavy atom. The highest BCUT2D eigenvalue weighted by atomic mass is 35.5. The van der Waals surface area contributed by atoms with Gasteiger partial charge >= 0.3 is 0 Å². The van der Waals surface area contributed by atoms with Crippen molar-refractivity contribution in [1.82, 2.24) is 0 Å². The highest BCUT2D eigenvalue weighted by Crippen LogP contribution is 2.51. The molecule has 176 valence electrons. The van der Waals surface area contributed by atoms with Crippen molar-refractivity contribution in [3.05, 3.63) is 118 Å². The zero-order valence-corrected chi connectivity index (χ0v) is 20.5. The summed E-state index contributed by atoms with van der Waals surface area (Å²) in [6, 6.07) is 26.2. The molecule has 0 radical (unpaired) electrons. The molecule has 5 heteroatoms. The summed E-state index contributed by atoms with van der Waals surface area (Å²) in [5.74, 6) is -0.357. The molecule has 0 bridgehead atoms. The molecule has 0 fully saturated rings. The number of amidine groups is 1. The summed E-state index contributed by atoms with van der Waals surface area (Å²) >= 11 is 6.19. The van der Waals surface area contributed by atoms with Crippen molar-refractivity contribution >= 4 is 34.7 Å². The third kappa shape index (κ3) is 4.19. The van der Waals surface area contributed by atoms with Gasteiger partial charge in [0.2, 0.25) is 0 Å². The van der Waals surface area contributed by atoms with Crippen LogP contribution in [-0.2, 0) is 4.79 Å². The van der Waals surface area contributed by atoms with E-state index in [1.807, 2.05) is 77.7 Å². The number of hydrogen-bond acceptors (Lipinski definition) is 3. The molecule has 3 aromatic carbocycles. The number of para-hydroxylation sites is 1. The average Bonchev–Trinajstić information content (AvgIpc) is 2.84. The van der Waals surface area contributed by atoms with E-state index in [0.717, 1.165) is 16.9 Å². The molecule has 0 aromatic heterocycles. The first-order valence-corrected chi connectivity index (χ1v) is 12.1. The summed E-state index contributed by atoms with van der Waals surface area (Å²) in [5.41, 5.74) is 3.86. The monoisotopic (exact) mass is 482 g/mol. The lowest BCUT2D eigenvalue weighted by molar-refractivity contribution is -0.118. The smallest absolute Gasteiger partial charge is 0.162 e. The van der Waals surface area contributed by atoms with E-state index >= 15 is 0 Å². The van der Waals surface area contributed by atoms with Crippen LogP contribution in [0.1, 0.15) is 43.7 Å². The molecule has 0 saturated heterocycles. The number of nitrogens with zero attached hydrogens (tertiary/aromatic N) is 1. The zero-order valence-electron chi connectivity index (χ0n) is 19.8. The van der Waals surface area contributed by atoms with Crippen LogP contribution >= 0.6 is 11.6 Å². The fraction of sp³-hybridized carbons (Fsp3) is 0.200. The number of benzene rings is 3. The van der Waals surface area contributed by atoms with Crippen LogP contribution in [0.2, 0.25) is 5.02 Å². The third-order valence-electron chi connectivity index (χ3n) is 6.74. The SMILES string of the molecule is CC1(C)CC(=O)C2=C(C1)N(c1ccccc1)C(=N)C(=C(O)c1ccccc1)[C@H]2c1ccc(Cl)cc1. The number of anilines is 1. The molecule has 0 unspecified atom stereocenters. The molecule has 0 saturated carbocycles. The van der Waals surface area contributed by atoms with Crippen LogP contribution in [0.25, 0.3) is 5.76 Å². The Labute approximate surface area is 210 Å². The molecule has 1 aliphatic heterocycles. The van der Waals surface area contributed by atoms with Gasteiger partial charge in [-0.15, -0.1) is 0 Å². The molecule has 35 heavy (non-hydrogen) atoms. The summed E-state index contributed by atoms with van der Waals surface area (Å²) in [6.45, 7) is 4.18. The van der Waals surface area contributed by atoms with Crippen molar-refractivity contribution in [2.45, 2.75) is 32.6 Å². The van der Waals surface area contributed by atoms with Gasteiger partial charge in [0.15, 0.2) is 5.78 Å². The fourth-order valence-electron chi connectivity index (χ4n) is 5.22. The molecule has 4 nitrogen and oxygen atoms in total. The Balaban J connectivity index is 1.85. The van der Waals surface area contributed by atoms with E-state index < -0.39 is 5.92 Å². The van der Waals surface area contributed by atoms with Gasteiger partial charge in [-0.05, 0) is 41.7 Å². The number of hydrogen-bond donors (Lipinski definition) is 2. The van der Waals surface area contributed by atoms with E-state index in [0.29, 0.717) is 34.6 Å². The lowest BCUT2D eigenvalue weighted by Crippen LogP contribution is -2.45. The molecular weight excluding hydrogens is 456 g/mol. The lowest BCUT2D eigenvalue weighted by atomic mass is 9.67. The van der Waals surface area contributed by atoms with Crippen molar-refractivity contribution in [3.63, 3.8) is 0 Å². The summed E-state index contributed by atoms with van der Waals surface area (Å²) in [6.07, 6.45) is 1.06. The predicted molar refractivity (Wildman–Crippen MR) is 142 cm³/mol. The van der Waals surface area contributed by atoms with Crippen molar-refractivity contribution in [3.8, 4) is 0 Å². The van der Waals surface area contributed by atoms with E-state index in [4.69, 9.17) is 11.6 Å². The molecule has 1 heterocycles. The fourth-order valence-corrected chi connectivity index (χ4v) is 5.34. The van der Waals surface area contributed by atoms with E-state index in [2.05, 4.69) is 13.8 Å². The number of allylic oxidation sites excluding steroid dienone is 2. The Morgan fingerprint density at radius 2 is 1.54 bits per heavy atom. The minimum atomic E-state index is -0.571. The van der Waals surface area contributed by atoms with Crippen LogP contribution in [0, 0.1) is 10.8 Å². The number of halogens is 1. The highest BCUT2D eigenvalue weighted by molar-refractivity contribution is 6.30. The maximum atomic E-state index is 13.8. The van der Waals surface area contributed by atoms with Gasteiger partial charge in [0.1, 0.15) is 11.6 Å². The second-order valence-electron chi connectivity index (χ2n) is 9.93. The largest absolute Gasteiger partial charge is 0.507 e. The van der Waals surface area contributed by atoms with Gasteiger partial charge in [-0.2, -0.15) is 0 Å². The van der Waals surface area contributed by atoms with Crippen LogP contribution in [0.4, 0.5) is 5.69 Å². The third-order valence-corrected chi connectivity index (χ3v) is 6.99. The van der Waals surface area contributed by atoms with Gasteiger partial charge in [-0.1, -0.05) is 86.1 Å². The summed E-state index contributed by atoms with van der Waals surface area (Å²) in [7, 11) is 0. The summed E-state index contributed by atoms with van der Waals surface area (Å²) in [5, 5.41) is 21.6. The van der Waals surface area contributed by atoms with Gasteiger partial charge in [-0.25, -0.2) is 0 Å². The van der Waals surface area contributed by atoms with Crippen LogP contribution < -0.4 is 4.90 Å². The molecule has 0 amide bonds. The Morgan fingerprint density at radius 3 is 2.17 bits per heavy atom. The summed E-state index contributed by atoms with van der Waals surface area (Å²) in [4.78, 5) is 15.6. The minimum absolute atomic E-state index is 0.000616. The standard InChI is InChI=1S/C30H27ClN2O2/c1-30(2)17-23-26(24(34)18-30)25(19-13-15-21(31)16-14-19)27(28(35)20-9-5-3-6-10-20)29(32)33(23)22-11-7-4-8-12-22/h3-16,25,32,35H,17-18H2,1-2H3/t25-/m0/s1. The second-order valence-corrected chi connectivity index (χ2v) is 10.4. The highest BCUT2D eigenvalue weighted by Gasteiger charge is 2.46. The van der Waals surface area contributed by atoms with E-state index in [9.17, 15) is 15.3 Å². The van der Waals surface area contributed by atoms with Crippen molar-refractivity contribution in [2.24, 2.45) is 5.41 Å². The summed E-state index contributed by atoms with van der Waals surface area (Å²) < 4.78 is 0. The zero-order chi connectivity index (χ0) is 24.7. The number of Topliss-reactive ketones (excluding diaryl/α,β-unsaturated/α-hetero) is 1. The Hall–Kier alpha value is -3.63. The molecular formula is C30H27ClN2O2. The van der Waals surface area contributed by atoms with Gasteiger partial charge in [0, 0.05) is 45.5 Å². The van der Waals surface area contributed by atoms with Crippen molar-refractivity contribution in [1.29, 1.82) is 5.41 Å². The number of carbonyl (C=O) groups is 1. The molecule has 1 aliphatic carbocycles. The van der Waals surface area contributed by atoms with Crippen LogP contribution in [0.5, 0.6) is 0 Å². The van der Waals surface area contributed by atoms with E-state index in [-0.39, 0.29) is 22.8 Å². The van der Waals surface area contributed by atoms with Gasteiger partial charge in [0.25, 0.3) is 0 Å². The van der Waals surface area contributed by atoms with Gasteiger partial charge < -0.3 is 5.11 Å². The normalized spacial score (nSPS) is 21.1. The molecule has 1 atom stereocenters. The van der Waals surface area contributed by atoms with Gasteiger partial charge in [0.05, 0.1) is 0 Å². The minimum Gasteiger partial charge on any atom is -0.507 e. The van der Waals surface area contributed by atoms with Crippen molar-refractivity contribution < 1.29 is 9.90 Å². The maximum Gasteiger partial charge on any atom is 0.162 e. The molecule has 0 spiro atoms. The van der Waals surface area contributed by atoms with Crippen LogP contribution in [0.15, 0.2) is 102 Å². The Kier molecular flexibility index (Phi) is 5.86. The molecule has 3 aromatic rings. The number of rotatable bonds is 3. The molecule has 2 N–H and O–H groups in total. The van der Waals surface area contributed by atoms with E-state index in [1.165, 1.54) is 0 Å². The van der Waals surface area contributed by atoms with Crippen LogP contribution in [0.3, 0.4) is 0 Å². The topological polar surface area (TPSA) is 64.4 Å². The number of nitrogens with one attached hydrogen (secondary N) is 1. The maximum absolute atomic E-state index is 13.8. The first-order chi connectivity index (χ1) is 16.8. The quantitative estimate of drug-likeness (QED) is 0.379. The van der Waals surface area contributed by atoms with E-state index in [1.54, 1.807) is 12.1 Å². The number of carbonyl (C=O) groups excluding carboxylic acids is 1. The first-order valence-electron chi connectivity index (χ1n) is 11.7. The average molecular weight is 483 g/mol. The molecule has 2 aliphatic rings. The number of aliphatic hydroxyl groups excluding tert-OH is 1. The Bertz CT molecular complexity index is 1360. The number of ketones is 1. The predicted octanol–water partition coefficient (Wildman–Crippen LogP) is 7.53. The van der Waals surface area contributed by atoms with Crippen LogP contribution in [-0.4, -0.2) is 16.7 Å². The van der Waals surface area contributed by atoms with Gasteiger partial charge in [-0.3, -0.25) is 15.1 Å². The second kappa shape index (κ2) is 8.86. The first kappa shape index (κ1) is 23.1. The van der Waals surface area contributed by atoms with Crippen molar-refractivity contribution in [2.75, 3.05) is 4.90 Å². The number of aliphatic hydroxyl groups is 1.